The summed E-state index contributed by atoms with van der Waals surface area (Å²) in [5, 5.41) is 3.46. The van der Waals surface area contributed by atoms with Crippen LogP contribution >= 0.6 is 0 Å². The van der Waals surface area contributed by atoms with Crippen LogP contribution in [0.1, 0.15) is 19.8 Å². The Bertz CT molecular complexity index is 652. The molecule has 1 aliphatic heterocycles. The zero-order valence-electron chi connectivity index (χ0n) is 13.3. The lowest BCUT2D eigenvalue weighted by Gasteiger charge is -2.21. The Labute approximate surface area is 136 Å². The zero-order valence-corrected chi connectivity index (χ0v) is 13.3. The first-order chi connectivity index (χ1) is 11.1. The number of rotatable bonds is 5. The third-order valence-electron chi connectivity index (χ3n) is 4.10. The first-order valence-corrected chi connectivity index (χ1v) is 7.95. The Kier molecular flexibility index (Phi) is 4.57. The Morgan fingerprint density at radius 2 is 1.70 bits per heavy atom. The first kappa shape index (κ1) is 15.5. The molecule has 122 valence electrons. The van der Waals surface area contributed by atoms with Crippen molar-refractivity contribution in [2.24, 2.45) is 0 Å². The second-order valence-corrected chi connectivity index (χ2v) is 5.89. The van der Waals surface area contributed by atoms with Gasteiger partial charge in [0.15, 0.2) is 0 Å². The molecule has 5 N–H and O–H groups in total. The molecule has 2 atom stereocenters. The molecule has 2 unspecified atom stereocenters. The minimum Gasteiger partial charge on any atom is -0.489 e. The van der Waals surface area contributed by atoms with Crippen molar-refractivity contribution in [2.75, 3.05) is 18.0 Å². The van der Waals surface area contributed by atoms with Crippen LogP contribution in [0.25, 0.3) is 0 Å². The highest BCUT2D eigenvalue weighted by Crippen LogP contribution is 2.28. The van der Waals surface area contributed by atoms with Crippen LogP contribution in [0.2, 0.25) is 0 Å². The molecule has 3 rings (SSSR count). The number of nitrogen functional groups attached to an aromatic ring is 2. The molecule has 1 saturated heterocycles. The van der Waals surface area contributed by atoms with E-state index in [1.807, 2.05) is 24.3 Å². The smallest absolute Gasteiger partial charge is 0.129 e. The maximum absolute atomic E-state index is 5.98. The van der Waals surface area contributed by atoms with E-state index in [-0.39, 0.29) is 6.10 Å². The molecule has 0 aromatic heterocycles. The van der Waals surface area contributed by atoms with Crippen LogP contribution in [0.15, 0.2) is 42.5 Å². The summed E-state index contributed by atoms with van der Waals surface area (Å²) >= 11 is 0. The second-order valence-electron chi connectivity index (χ2n) is 5.89. The maximum atomic E-state index is 5.98. The van der Waals surface area contributed by atoms with Crippen LogP contribution in [0.3, 0.4) is 0 Å². The van der Waals surface area contributed by atoms with E-state index in [0.717, 1.165) is 18.0 Å². The highest BCUT2D eigenvalue weighted by molar-refractivity contribution is 5.65. The van der Waals surface area contributed by atoms with Gasteiger partial charge in [0.05, 0.1) is 11.4 Å². The van der Waals surface area contributed by atoms with Gasteiger partial charge in [-0.25, -0.2) is 0 Å². The zero-order chi connectivity index (χ0) is 16.2. The second kappa shape index (κ2) is 6.79. The topological polar surface area (TPSA) is 82.5 Å². The summed E-state index contributed by atoms with van der Waals surface area (Å²) in [7, 11) is 0. The van der Waals surface area contributed by atoms with Gasteiger partial charge in [-0.2, -0.15) is 0 Å². The molecule has 23 heavy (non-hydrogen) atoms. The average Bonchev–Trinajstić information content (AvgIpc) is 3.07. The van der Waals surface area contributed by atoms with Crippen LogP contribution < -0.4 is 26.3 Å². The van der Waals surface area contributed by atoms with Gasteiger partial charge in [0.1, 0.15) is 23.4 Å². The summed E-state index contributed by atoms with van der Waals surface area (Å²) in [6.07, 6.45) is 2.54. The SMILES string of the molecule is CC(Oc1ccc(Oc2ccc(N)c(N)c2)cc1)C1CCCN1. The highest BCUT2D eigenvalue weighted by Gasteiger charge is 2.22. The molecule has 5 nitrogen and oxygen atoms in total. The molecule has 1 aliphatic rings. The monoisotopic (exact) mass is 313 g/mol. The number of nitrogens with two attached hydrogens (primary N) is 2. The van der Waals surface area contributed by atoms with E-state index >= 15 is 0 Å². The molecule has 0 radical (unpaired) electrons. The molecule has 0 amide bonds. The first-order valence-electron chi connectivity index (χ1n) is 7.95. The molecular formula is C18H23N3O2. The third-order valence-corrected chi connectivity index (χ3v) is 4.10. The lowest BCUT2D eigenvalue weighted by atomic mass is 10.1. The van der Waals surface area contributed by atoms with Crippen molar-refractivity contribution in [1.82, 2.24) is 5.32 Å². The van der Waals surface area contributed by atoms with Gasteiger partial charge in [-0.15, -0.1) is 0 Å². The van der Waals surface area contributed by atoms with Gasteiger partial charge >= 0.3 is 0 Å². The molecule has 5 heteroatoms. The van der Waals surface area contributed by atoms with E-state index in [2.05, 4.69) is 12.2 Å². The number of nitrogens with one attached hydrogen (secondary N) is 1. The molecule has 0 aliphatic carbocycles. The van der Waals surface area contributed by atoms with Crippen molar-refractivity contribution in [3.8, 4) is 17.2 Å². The van der Waals surface area contributed by atoms with Crippen molar-refractivity contribution in [3.63, 3.8) is 0 Å². The van der Waals surface area contributed by atoms with Gasteiger partial charge < -0.3 is 26.3 Å². The number of anilines is 2. The van der Waals surface area contributed by atoms with Crippen molar-refractivity contribution < 1.29 is 9.47 Å². The minimum absolute atomic E-state index is 0.154. The molecule has 0 saturated carbocycles. The Balaban J connectivity index is 1.61. The quantitative estimate of drug-likeness (QED) is 0.739. The van der Waals surface area contributed by atoms with Crippen molar-refractivity contribution in [2.45, 2.75) is 31.9 Å². The number of ether oxygens (including phenoxy) is 2. The van der Waals surface area contributed by atoms with Crippen molar-refractivity contribution in [3.05, 3.63) is 42.5 Å². The summed E-state index contributed by atoms with van der Waals surface area (Å²) in [5.74, 6) is 2.23. The summed E-state index contributed by atoms with van der Waals surface area (Å²) in [4.78, 5) is 0. The summed E-state index contributed by atoms with van der Waals surface area (Å²) in [5.41, 5.74) is 12.5. The molecule has 1 fully saturated rings. The number of benzene rings is 2. The van der Waals surface area contributed by atoms with E-state index in [9.17, 15) is 0 Å². The fourth-order valence-electron chi connectivity index (χ4n) is 2.75. The minimum atomic E-state index is 0.154. The summed E-state index contributed by atoms with van der Waals surface area (Å²) in [6.45, 7) is 3.18. The van der Waals surface area contributed by atoms with Crippen LogP contribution in [-0.2, 0) is 0 Å². The molecule has 2 aromatic carbocycles. The van der Waals surface area contributed by atoms with E-state index in [0.29, 0.717) is 23.2 Å². The third kappa shape index (κ3) is 3.87. The van der Waals surface area contributed by atoms with E-state index < -0.39 is 0 Å². The lowest BCUT2D eigenvalue weighted by Crippen LogP contribution is -2.36. The van der Waals surface area contributed by atoms with Crippen LogP contribution in [0, 0.1) is 0 Å². The van der Waals surface area contributed by atoms with Crippen LogP contribution in [0.4, 0.5) is 11.4 Å². The van der Waals surface area contributed by atoms with Crippen molar-refractivity contribution in [1.29, 1.82) is 0 Å². The van der Waals surface area contributed by atoms with Crippen molar-refractivity contribution >= 4 is 11.4 Å². The average molecular weight is 313 g/mol. The van der Waals surface area contributed by atoms with E-state index in [4.69, 9.17) is 20.9 Å². The normalized spacial score (nSPS) is 18.6. The predicted molar refractivity (Wildman–Crippen MR) is 92.9 cm³/mol. The number of hydrogen-bond donors (Lipinski definition) is 3. The largest absolute Gasteiger partial charge is 0.489 e. The van der Waals surface area contributed by atoms with E-state index in [1.54, 1.807) is 18.2 Å². The fraction of sp³-hybridized carbons (Fsp3) is 0.333. The van der Waals surface area contributed by atoms with Gasteiger partial charge in [0, 0.05) is 12.1 Å². The summed E-state index contributed by atoms with van der Waals surface area (Å²) in [6, 6.07) is 13.3. The van der Waals surface area contributed by atoms with Gasteiger partial charge in [-0.1, -0.05) is 0 Å². The van der Waals surface area contributed by atoms with Crippen LogP contribution in [-0.4, -0.2) is 18.7 Å². The van der Waals surface area contributed by atoms with Gasteiger partial charge in [-0.3, -0.25) is 0 Å². The highest BCUT2D eigenvalue weighted by atomic mass is 16.5. The molecular weight excluding hydrogens is 290 g/mol. The maximum Gasteiger partial charge on any atom is 0.129 e. The molecule has 0 spiro atoms. The Hall–Kier alpha value is -2.40. The predicted octanol–water partition coefficient (Wildman–Crippen LogP) is 3.16. The van der Waals surface area contributed by atoms with Gasteiger partial charge in [0.25, 0.3) is 0 Å². The molecule has 2 aromatic rings. The Morgan fingerprint density at radius 1 is 1.00 bits per heavy atom. The van der Waals surface area contributed by atoms with Crippen LogP contribution in [0.5, 0.6) is 17.2 Å². The van der Waals surface area contributed by atoms with Gasteiger partial charge in [-0.05, 0) is 62.7 Å². The number of hydrogen-bond acceptors (Lipinski definition) is 5. The Morgan fingerprint density at radius 3 is 2.35 bits per heavy atom. The van der Waals surface area contributed by atoms with E-state index in [1.165, 1.54) is 12.8 Å². The summed E-state index contributed by atoms with van der Waals surface area (Å²) < 4.78 is 11.8. The fourth-order valence-corrected chi connectivity index (χ4v) is 2.75. The standard InChI is InChI=1S/C18H23N3O2/c1-12(18-3-2-10-21-18)22-13-4-6-14(7-5-13)23-15-8-9-16(19)17(20)11-15/h4-9,11-12,18,21H,2-3,10,19-20H2,1H3. The molecule has 0 bridgehead atoms. The van der Waals surface area contributed by atoms with Gasteiger partial charge in [0.2, 0.25) is 0 Å². The molecule has 1 heterocycles. The lowest BCUT2D eigenvalue weighted by molar-refractivity contribution is 0.180.